The Labute approximate surface area is 124 Å². The first-order chi connectivity index (χ1) is 9.60. The van der Waals surface area contributed by atoms with Crippen LogP contribution in [0.1, 0.15) is 44.3 Å². The highest BCUT2D eigenvalue weighted by atomic mass is 32.2. The highest BCUT2D eigenvalue weighted by Crippen LogP contribution is 2.52. The van der Waals surface area contributed by atoms with E-state index in [2.05, 4.69) is 0 Å². The zero-order valence-corrected chi connectivity index (χ0v) is 12.9. The van der Waals surface area contributed by atoms with Crippen LogP contribution in [-0.4, -0.2) is 23.9 Å². The lowest BCUT2D eigenvalue weighted by molar-refractivity contribution is -0.141. The molecular weight excluding hydrogens is 272 g/mol. The van der Waals surface area contributed by atoms with Gasteiger partial charge in [0.1, 0.15) is 0 Å². The van der Waals surface area contributed by atoms with E-state index in [1.807, 2.05) is 31.2 Å². The van der Waals surface area contributed by atoms with Gasteiger partial charge in [-0.2, -0.15) is 0 Å². The Bertz CT molecular complexity index is 469. The summed E-state index contributed by atoms with van der Waals surface area (Å²) in [6.07, 6.45) is 3.00. The van der Waals surface area contributed by atoms with Gasteiger partial charge in [-0.15, -0.1) is 11.8 Å². The van der Waals surface area contributed by atoms with Gasteiger partial charge >= 0.3 is 5.97 Å². The number of benzene rings is 1. The van der Waals surface area contributed by atoms with Crippen molar-refractivity contribution in [1.29, 1.82) is 0 Å². The quantitative estimate of drug-likeness (QED) is 0.617. The smallest absolute Gasteiger partial charge is 0.306 e. The summed E-state index contributed by atoms with van der Waals surface area (Å²) in [6, 6.07) is 7.98. The second kappa shape index (κ2) is 6.64. The van der Waals surface area contributed by atoms with E-state index in [4.69, 9.17) is 4.74 Å². The molecule has 1 aliphatic rings. The zero-order valence-electron chi connectivity index (χ0n) is 12.1. The number of ether oxygens (including phenoxy) is 1. The molecule has 0 amide bonds. The van der Waals surface area contributed by atoms with Crippen LogP contribution >= 0.6 is 11.8 Å². The fourth-order valence-corrected chi connectivity index (χ4v) is 3.66. The maximum Gasteiger partial charge on any atom is 0.306 e. The third-order valence-corrected chi connectivity index (χ3v) is 5.34. The molecule has 0 heterocycles. The molecule has 4 heteroatoms. The minimum absolute atomic E-state index is 0.113. The summed E-state index contributed by atoms with van der Waals surface area (Å²) in [6.45, 7) is 1.98. The van der Waals surface area contributed by atoms with Crippen molar-refractivity contribution < 1.29 is 14.6 Å². The lowest BCUT2D eigenvalue weighted by Crippen LogP contribution is -2.13. The van der Waals surface area contributed by atoms with Crippen molar-refractivity contribution in [2.75, 3.05) is 12.9 Å². The average Bonchev–Trinajstić information content (AvgIpc) is 3.24. The van der Waals surface area contributed by atoms with E-state index in [9.17, 15) is 9.90 Å². The number of carbonyl (C=O) groups is 1. The van der Waals surface area contributed by atoms with E-state index >= 15 is 0 Å². The molecule has 110 valence electrons. The van der Waals surface area contributed by atoms with E-state index in [1.165, 1.54) is 7.11 Å². The molecule has 1 aromatic carbocycles. The molecule has 1 atom stereocenters. The predicted molar refractivity (Wildman–Crippen MR) is 80.7 cm³/mol. The number of carbonyl (C=O) groups excluding carboxylic acids is 1. The Hall–Kier alpha value is -1.00. The Morgan fingerprint density at radius 1 is 1.45 bits per heavy atom. The third kappa shape index (κ3) is 3.76. The van der Waals surface area contributed by atoms with E-state index < -0.39 is 6.10 Å². The van der Waals surface area contributed by atoms with Crippen LogP contribution in [0.3, 0.4) is 0 Å². The molecule has 2 rings (SSSR count). The lowest BCUT2D eigenvalue weighted by Gasteiger charge is -2.17. The predicted octanol–water partition coefficient (Wildman–Crippen LogP) is 3.57. The number of methoxy groups -OCH3 is 1. The van der Waals surface area contributed by atoms with Crippen molar-refractivity contribution in [2.45, 2.75) is 43.6 Å². The first kappa shape index (κ1) is 15.4. The molecule has 0 saturated heterocycles. The third-order valence-electron chi connectivity index (χ3n) is 3.90. The molecule has 1 saturated carbocycles. The van der Waals surface area contributed by atoms with E-state index in [-0.39, 0.29) is 11.4 Å². The number of aliphatic hydroxyl groups excluding tert-OH is 1. The first-order valence-corrected chi connectivity index (χ1v) is 8.05. The highest BCUT2D eigenvalue weighted by Gasteiger charge is 2.44. The largest absolute Gasteiger partial charge is 0.469 e. The summed E-state index contributed by atoms with van der Waals surface area (Å²) in [7, 11) is 1.44. The molecule has 0 unspecified atom stereocenters. The van der Waals surface area contributed by atoms with Crippen molar-refractivity contribution in [3.05, 3.63) is 29.8 Å². The van der Waals surface area contributed by atoms with Crippen molar-refractivity contribution in [1.82, 2.24) is 0 Å². The number of hydrogen-bond acceptors (Lipinski definition) is 4. The van der Waals surface area contributed by atoms with Gasteiger partial charge in [0.15, 0.2) is 0 Å². The summed E-state index contributed by atoms with van der Waals surface area (Å²) in [5.74, 6) is 0.792. The van der Waals surface area contributed by atoms with Crippen LogP contribution in [0.2, 0.25) is 0 Å². The van der Waals surface area contributed by atoms with Crippen LogP contribution in [-0.2, 0) is 9.53 Å². The standard InChI is InChI=1S/C16H22O3S/c1-3-13(17)12-6-4-5-7-14(12)20-11-16(8-9-16)10-15(18)19-2/h4-7,13,17H,3,8-11H2,1-2H3/t13-/m0/s1. The van der Waals surface area contributed by atoms with Gasteiger partial charge in [0.2, 0.25) is 0 Å². The van der Waals surface area contributed by atoms with Gasteiger partial charge in [-0.25, -0.2) is 0 Å². The van der Waals surface area contributed by atoms with E-state index in [1.54, 1.807) is 11.8 Å². The molecule has 1 fully saturated rings. The van der Waals surface area contributed by atoms with Crippen molar-refractivity contribution in [3.63, 3.8) is 0 Å². The summed E-state index contributed by atoms with van der Waals surface area (Å²) in [4.78, 5) is 12.6. The van der Waals surface area contributed by atoms with Gasteiger partial charge in [-0.1, -0.05) is 25.1 Å². The Morgan fingerprint density at radius 2 is 2.15 bits per heavy atom. The second-order valence-electron chi connectivity index (χ2n) is 5.50. The van der Waals surface area contributed by atoms with Gasteiger partial charge in [-0.3, -0.25) is 4.79 Å². The number of hydrogen-bond donors (Lipinski definition) is 1. The maximum absolute atomic E-state index is 11.4. The first-order valence-electron chi connectivity index (χ1n) is 7.07. The molecule has 0 spiro atoms. The zero-order chi connectivity index (χ0) is 14.6. The van der Waals surface area contributed by atoms with Gasteiger partial charge < -0.3 is 9.84 Å². The second-order valence-corrected chi connectivity index (χ2v) is 6.52. The normalized spacial score (nSPS) is 17.6. The molecule has 0 radical (unpaired) electrons. The van der Waals surface area contributed by atoms with E-state index in [0.29, 0.717) is 12.8 Å². The molecule has 1 aromatic rings. The van der Waals surface area contributed by atoms with Crippen LogP contribution < -0.4 is 0 Å². The molecule has 20 heavy (non-hydrogen) atoms. The fourth-order valence-electron chi connectivity index (χ4n) is 2.27. The maximum atomic E-state index is 11.4. The topological polar surface area (TPSA) is 46.5 Å². The Balaban J connectivity index is 1.99. The minimum Gasteiger partial charge on any atom is -0.469 e. The van der Waals surface area contributed by atoms with Crippen molar-refractivity contribution in [3.8, 4) is 0 Å². The Kier molecular flexibility index (Phi) is 5.11. The summed E-state index contributed by atoms with van der Waals surface area (Å²) in [5, 5.41) is 10.1. The SMILES string of the molecule is CC[C@H](O)c1ccccc1SCC1(CC(=O)OC)CC1. The lowest BCUT2D eigenvalue weighted by atomic mass is 10.1. The van der Waals surface area contributed by atoms with Crippen LogP contribution in [0, 0.1) is 5.41 Å². The number of rotatable bonds is 7. The highest BCUT2D eigenvalue weighted by molar-refractivity contribution is 7.99. The Morgan fingerprint density at radius 3 is 2.75 bits per heavy atom. The van der Waals surface area contributed by atoms with Gasteiger partial charge in [0.25, 0.3) is 0 Å². The van der Waals surface area contributed by atoms with Crippen LogP contribution in [0.4, 0.5) is 0 Å². The monoisotopic (exact) mass is 294 g/mol. The van der Waals surface area contributed by atoms with Crippen molar-refractivity contribution in [2.24, 2.45) is 5.41 Å². The molecule has 0 aliphatic heterocycles. The van der Waals surface area contributed by atoms with Crippen molar-refractivity contribution >= 4 is 17.7 Å². The van der Waals surface area contributed by atoms with Crippen LogP contribution in [0.25, 0.3) is 0 Å². The summed E-state index contributed by atoms with van der Waals surface area (Å²) >= 11 is 1.74. The van der Waals surface area contributed by atoms with Gasteiger partial charge in [0, 0.05) is 10.6 Å². The van der Waals surface area contributed by atoms with E-state index in [0.717, 1.165) is 29.1 Å². The van der Waals surface area contributed by atoms with Crippen LogP contribution in [0.15, 0.2) is 29.2 Å². The van der Waals surface area contributed by atoms with Gasteiger partial charge in [-0.05, 0) is 36.3 Å². The average molecular weight is 294 g/mol. The minimum atomic E-state index is -0.408. The van der Waals surface area contributed by atoms with Crippen LogP contribution in [0.5, 0.6) is 0 Å². The molecule has 1 aliphatic carbocycles. The molecule has 1 N–H and O–H groups in total. The summed E-state index contributed by atoms with van der Waals surface area (Å²) in [5.41, 5.74) is 1.11. The number of aliphatic hydroxyl groups is 1. The number of esters is 1. The molecule has 0 bridgehead atoms. The van der Waals surface area contributed by atoms with Gasteiger partial charge in [0.05, 0.1) is 19.6 Å². The summed E-state index contributed by atoms with van der Waals surface area (Å²) < 4.78 is 4.77. The fraction of sp³-hybridized carbons (Fsp3) is 0.562. The number of thioether (sulfide) groups is 1. The molecule has 0 aromatic heterocycles. The molecule has 3 nitrogen and oxygen atoms in total. The molecular formula is C16H22O3S.